The summed E-state index contributed by atoms with van der Waals surface area (Å²) in [6.45, 7) is 3.28. The summed E-state index contributed by atoms with van der Waals surface area (Å²) >= 11 is 0. The van der Waals surface area contributed by atoms with Crippen molar-refractivity contribution in [2.24, 2.45) is 5.92 Å². The van der Waals surface area contributed by atoms with E-state index in [0.717, 1.165) is 24.5 Å². The minimum Gasteiger partial charge on any atom is -0.492 e. The van der Waals surface area contributed by atoms with Crippen molar-refractivity contribution < 1.29 is 31.5 Å². The summed E-state index contributed by atoms with van der Waals surface area (Å²) in [5.41, 5.74) is 3.37. The maximum absolute atomic E-state index is 14.2. The van der Waals surface area contributed by atoms with Crippen LogP contribution in [0, 0.1) is 29.9 Å². The Bertz CT molecular complexity index is 1630. The minimum atomic E-state index is -4.67. The molecule has 228 valence electrons. The van der Waals surface area contributed by atoms with Crippen LogP contribution in [-0.4, -0.2) is 41.4 Å². The van der Waals surface area contributed by atoms with Crippen LogP contribution in [0.1, 0.15) is 58.4 Å². The van der Waals surface area contributed by atoms with Crippen LogP contribution in [0.5, 0.6) is 5.75 Å². The van der Waals surface area contributed by atoms with E-state index >= 15 is 0 Å². The molecule has 43 heavy (non-hydrogen) atoms. The number of amides is 1. The normalized spacial score (nSPS) is 17.5. The Morgan fingerprint density at radius 1 is 1.16 bits per heavy atom. The van der Waals surface area contributed by atoms with Crippen LogP contribution in [0.3, 0.4) is 0 Å². The van der Waals surface area contributed by atoms with Gasteiger partial charge >= 0.3 is 6.18 Å². The van der Waals surface area contributed by atoms with E-state index in [0.29, 0.717) is 11.1 Å². The maximum Gasteiger partial charge on any atom is 0.409 e. The average molecular weight is 602 g/mol. The average Bonchev–Trinajstić information content (AvgIpc) is 3.71. The van der Waals surface area contributed by atoms with E-state index in [1.54, 1.807) is 26.0 Å². The lowest BCUT2D eigenvalue weighted by atomic mass is 9.93. The van der Waals surface area contributed by atoms with E-state index in [1.807, 2.05) is 0 Å². The minimum absolute atomic E-state index is 0.00116. The zero-order valence-electron chi connectivity index (χ0n) is 23.9. The number of aryl methyl sites for hydroxylation is 1. The molecule has 2 aliphatic rings. The van der Waals surface area contributed by atoms with Crippen molar-refractivity contribution in [2.45, 2.75) is 51.5 Å². The van der Waals surface area contributed by atoms with Gasteiger partial charge < -0.3 is 19.6 Å². The van der Waals surface area contributed by atoms with Gasteiger partial charge in [-0.15, -0.1) is 0 Å². The van der Waals surface area contributed by atoms with Gasteiger partial charge in [0, 0.05) is 37.1 Å². The number of carbonyl (C=O) groups excluding carboxylic acids is 1. The Hall–Kier alpha value is -4.19. The first-order chi connectivity index (χ1) is 20.4. The molecule has 1 saturated carbocycles. The van der Waals surface area contributed by atoms with Crippen molar-refractivity contribution in [3.8, 4) is 5.75 Å². The summed E-state index contributed by atoms with van der Waals surface area (Å²) in [5, 5.41) is 12.3. The van der Waals surface area contributed by atoms with Gasteiger partial charge in [-0.25, -0.2) is 14.2 Å². The molecular formula is C31H32F5N5O2. The van der Waals surface area contributed by atoms with E-state index in [-0.39, 0.29) is 47.3 Å². The standard InChI is InChI=1S/C31H32F5N5O2/c1-4-43-27-21(23-16-40(3)39-28(23)31(34,35)36)13-18(15-41-11-5-6-25(33)29(41)37)14-22(27)30(42)38-26(19-7-8-19)20-9-10-24(32)17(2)12-20/h5-6,9-14,16,19,26,28,37,39H,4,7-8,15H2,1-3H3,(H,38,42)/t26-,28?/m0/s1. The third-order valence-electron chi connectivity index (χ3n) is 7.59. The van der Waals surface area contributed by atoms with E-state index in [1.165, 1.54) is 53.3 Å². The van der Waals surface area contributed by atoms with Gasteiger partial charge in [-0.1, -0.05) is 12.1 Å². The van der Waals surface area contributed by atoms with Crippen LogP contribution < -0.4 is 21.0 Å². The third kappa shape index (κ3) is 6.43. The lowest BCUT2D eigenvalue weighted by molar-refractivity contribution is -0.146. The monoisotopic (exact) mass is 601 g/mol. The molecule has 1 amide bonds. The van der Waals surface area contributed by atoms with E-state index in [9.17, 15) is 26.7 Å². The smallest absolute Gasteiger partial charge is 0.409 e. The number of ether oxygens (including phenoxy) is 1. The number of benzene rings is 2. The van der Waals surface area contributed by atoms with Gasteiger partial charge in [0.05, 0.1) is 18.2 Å². The van der Waals surface area contributed by atoms with Crippen molar-refractivity contribution in [2.75, 3.05) is 13.7 Å². The van der Waals surface area contributed by atoms with Crippen molar-refractivity contribution in [1.82, 2.24) is 20.3 Å². The Kier molecular flexibility index (Phi) is 8.33. The SMILES string of the molecule is CCOc1c(C(=O)N[C@H](c2ccc(F)c(C)c2)C2CC2)cc(Cn2cccc(F)c2=N)cc1C1=CN(C)NC1C(F)(F)F. The molecule has 7 nitrogen and oxygen atoms in total. The molecule has 2 atom stereocenters. The second-order valence-corrected chi connectivity index (χ2v) is 10.9. The fraction of sp³-hybridized carbons (Fsp3) is 0.355. The zero-order valence-corrected chi connectivity index (χ0v) is 23.9. The highest BCUT2D eigenvalue weighted by atomic mass is 19.4. The maximum atomic E-state index is 14.2. The number of alkyl halides is 3. The highest BCUT2D eigenvalue weighted by Crippen LogP contribution is 2.43. The fourth-order valence-electron chi connectivity index (χ4n) is 5.36. The third-order valence-corrected chi connectivity index (χ3v) is 7.59. The number of rotatable bonds is 9. The molecule has 0 saturated heterocycles. The number of carbonyl (C=O) groups is 1. The number of hydrogen-bond acceptors (Lipinski definition) is 5. The lowest BCUT2D eigenvalue weighted by Crippen LogP contribution is -2.43. The first kappa shape index (κ1) is 30.3. The van der Waals surface area contributed by atoms with E-state index in [2.05, 4.69) is 10.7 Å². The second-order valence-electron chi connectivity index (χ2n) is 10.9. The predicted octanol–water partition coefficient (Wildman–Crippen LogP) is 5.60. The van der Waals surface area contributed by atoms with Crippen LogP contribution in [0.25, 0.3) is 5.57 Å². The van der Waals surface area contributed by atoms with Crippen molar-refractivity contribution in [3.05, 3.63) is 99.8 Å². The van der Waals surface area contributed by atoms with Crippen LogP contribution in [0.2, 0.25) is 0 Å². The molecule has 0 bridgehead atoms. The molecule has 3 aromatic rings. The number of pyridine rings is 1. The molecule has 1 aliphatic carbocycles. The molecule has 2 aromatic carbocycles. The first-order valence-corrected chi connectivity index (χ1v) is 13.9. The molecule has 1 aliphatic heterocycles. The summed E-state index contributed by atoms with van der Waals surface area (Å²) < 4.78 is 77.8. The molecule has 0 radical (unpaired) electrons. The number of hydrogen-bond donors (Lipinski definition) is 3. The Morgan fingerprint density at radius 3 is 2.56 bits per heavy atom. The molecule has 0 spiro atoms. The number of nitrogens with one attached hydrogen (secondary N) is 3. The van der Waals surface area contributed by atoms with Crippen molar-refractivity contribution in [3.63, 3.8) is 0 Å². The summed E-state index contributed by atoms with van der Waals surface area (Å²) in [5.74, 6) is -1.63. The van der Waals surface area contributed by atoms with Gasteiger partial charge in [-0.2, -0.15) is 13.2 Å². The molecule has 1 aromatic heterocycles. The van der Waals surface area contributed by atoms with Gasteiger partial charge in [0.2, 0.25) is 0 Å². The Balaban J connectivity index is 1.64. The molecule has 2 heterocycles. The summed E-state index contributed by atoms with van der Waals surface area (Å²) in [4.78, 5) is 14.0. The molecular weight excluding hydrogens is 569 g/mol. The van der Waals surface area contributed by atoms with Crippen LogP contribution in [-0.2, 0) is 6.54 Å². The Morgan fingerprint density at radius 2 is 1.91 bits per heavy atom. The Labute approximate surface area is 245 Å². The summed E-state index contributed by atoms with van der Waals surface area (Å²) in [6, 6.07) is 7.64. The van der Waals surface area contributed by atoms with Gasteiger partial charge in [0.25, 0.3) is 5.91 Å². The number of halogens is 5. The fourth-order valence-corrected chi connectivity index (χ4v) is 5.36. The van der Waals surface area contributed by atoms with Gasteiger partial charge in [-0.05, 0) is 79.6 Å². The quantitative estimate of drug-likeness (QED) is 0.279. The second kappa shape index (κ2) is 11.8. The summed E-state index contributed by atoms with van der Waals surface area (Å²) in [6.07, 6.45) is -0.191. The van der Waals surface area contributed by atoms with E-state index < -0.39 is 35.5 Å². The summed E-state index contributed by atoms with van der Waals surface area (Å²) in [7, 11) is 1.43. The number of hydrazine groups is 1. The number of nitrogens with zero attached hydrogens (tertiary/aromatic N) is 2. The van der Waals surface area contributed by atoms with Gasteiger partial charge in [-0.3, -0.25) is 10.2 Å². The van der Waals surface area contributed by atoms with Crippen molar-refractivity contribution >= 4 is 11.5 Å². The molecule has 12 heteroatoms. The van der Waals surface area contributed by atoms with Gasteiger partial charge in [0.1, 0.15) is 17.6 Å². The zero-order chi connectivity index (χ0) is 31.1. The molecule has 1 unspecified atom stereocenters. The molecule has 3 N–H and O–H groups in total. The molecule has 1 fully saturated rings. The van der Waals surface area contributed by atoms with Crippen LogP contribution in [0.4, 0.5) is 22.0 Å². The number of aromatic nitrogens is 1. The highest BCUT2D eigenvalue weighted by molar-refractivity contribution is 5.99. The largest absolute Gasteiger partial charge is 0.492 e. The van der Waals surface area contributed by atoms with Gasteiger partial charge in [0.15, 0.2) is 11.3 Å². The van der Waals surface area contributed by atoms with Crippen LogP contribution >= 0.6 is 0 Å². The predicted molar refractivity (Wildman–Crippen MR) is 150 cm³/mol. The molecule has 5 rings (SSSR count). The van der Waals surface area contributed by atoms with Crippen LogP contribution in [0.15, 0.2) is 54.9 Å². The first-order valence-electron chi connectivity index (χ1n) is 13.9. The topological polar surface area (TPSA) is 82.4 Å². The highest BCUT2D eigenvalue weighted by Gasteiger charge is 2.47. The van der Waals surface area contributed by atoms with Crippen molar-refractivity contribution in [1.29, 1.82) is 5.41 Å². The van der Waals surface area contributed by atoms with E-state index in [4.69, 9.17) is 10.1 Å². The lowest BCUT2D eigenvalue weighted by Gasteiger charge is -2.24.